The van der Waals surface area contributed by atoms with Crippen molar-refractivity contribution < 1.29 is 13.6 Å². The van der Waals surface area contributed by atoms with Crippen LogP contribution in [-0.2, 0) is 4.79 Å². The number of rotatable bonds is 3. The Hall–Kier alpha value is -2.43. The van der Waals surface area contributed by atoms with Crippen molar-refractivity contribution in [2.75, 3.05) is 11.1 Å². The van der Waals surface area contributed by atoms with Crippen LogP contribution in [0.3, 0.4) is 0 Å². The molecule has 2 aromatic rings. The molecule has 1 amide bonds. The van der Waals surface area contributed by atoms with Crippen molar-refractivity contribution in [1.82, 2.24) is 0 Å². The summed E-state index contributed by atoms with van der Waals surface area (Å²) >= 11 is 0. The molecule has 1 unspecified atom stereocenters. The molecule has 0 aromatic heterocycles. The molecule has 5 heteroatoms. The fourth-order valence-electron chi connectivity index (χ4n) is 1.81. The molecule has 3 nitrogen and oxygen atoms in total. The Morgan fingerprint density at radius 1 is 1.20 bits per heavy atom. The third-order valence-electron chi connectivity index (χ3n) is 2.99. The van der Waals surface area contributed by atoms with E-state index in [1.54, 1.807) is 31.2 Å². The van der Waals surface area contributed by atoms with Gasteiger partial charge in [0.15, 0.2) is 0 Å². The molecule has 20 heavy (non-hydrogen) atoms. The highest BCUT2D eigenvalue weighted by Crippen LogP contribution is 2.21. The van der Waals surface area contributed by atoms with Crippen LogP contribution in [0.1, 0.15) is 18.4 Å². The Labute approximate surface area is 115 Å². The molecule has 0 aliphatic heterocycles. The highest BCUT2D eigenvalue weighted by molar-refractivity contribution is 5.95. The lowest BCUT2D eigenvalue weighted by Crippen LogP contribution is -2.19. The zero-order chi connectivity index (χ0) is 14.7. The minimum Gasteiger partial charge on any atom is -0.399 e. The number of amides is 1. The number of carbonyl (C=O) groups is 1. The van der Waals surface area contributed by atoms with Crippen LogP contribution in [0.25, 0.3) is 0 Å². The lowest BCUT2D eigenvalue weighted by molar-refractivity contribution is -0.117. The summed E-state index contributed by atoms with van der Waals surface area (Å²) in [7, 11) is 0. The third-order valence-corrected chi connectivity index (χ3v) is 2.99. The molecule has 0 aliphatic rings. The molecule has 0 heterocycles. The van der Waals surface area contributed by atoms with Crippen molar-refractivity contribution in [2.45, 2.75) is 12.8 Å². The summed E-state index contributed by atoms with van der Waals surface area (Å²) in [6.45, 7) is 1.67. The second-order valence-electron chi connectivity index (χ2n) is 4.51. The van der Waals surface area contributed by atoms with Crippen molar-refractivity contribution >= 4 is 17.3 Å². The lowest BCUT2D eigenvalue weighted by atomic mass is 10.00. The van der Waals surface area contributed by atoms with Crippen LogP contribution in [-0.4, -0.2) is 5.91 Å². The first-order valence-corrected chi connectivity index (χ1v) is 6.08. The first kappa shape index (κ1) is 14.0. The average molecular weight is 276 g/mol. The average Bonchev–Trinajstić information content (AvgIpc) is 2.42. The molecule has 3 N–H and O–H groups in total. The predicted molar refractivity (Wildman–Crippen MR) is 74.3 cm³/mol. The molecule has 2 aromatic carbocycles. The molecule has 0 radical (unpaired) electrons. The number of nitrogens with one attached hydrogen (secondary N) is 1. The summed E-state index contributed by atoms with van der Waals surface area (Å²) in [6.07, 6.45) is 0. The van der Waals surface area contributed by atoms with E-state index in [0.29, 0.717) is 11.3 Å². The van der Waals surface area contributed by atoms with Crippen molar-refractivity contribution in [3.8, 4) is 0 Å². The molecule has 0 saturated carbocycles. The van der Waals surface area contributed by atoms with Gasteiger partial charge in [-0.1, -0.05) is 12.1 Å². The lowest BCUT2D eigenvalue weighted by Gasteiger charge is -2.13. The first-order valence-electron chi connectivity index (χ1n) is 6.08. The second kappa shape index (κ2) is 5.69. The Morgan fingerprint density at radius 2 is 1.95 bits per heavy atom. The van der Waals surface area contributed by atoms with Gasteiger partial charge in [0.25, 0.3) is 0 Å². The van der Waals surface area contributed by atoms with Crippen LogP contribution in [0.5, 0.6) is 0 Å². The van der Waals surface area contributed by atoms with Gasteiger partial charge in [-0.2, -0.15) is 0 Å². The topological polar surface area (TPSA) is 55.1 Å². The van der Waals surface area contributed by atoms with Crippen LogP contribution in [0.4, 0.5) is 20.2 Å². The summed E-state index contributed by atoms with van der Waals surface area (Å²) in [5.41, 5.74) is 6.73. The van der Waals surface area contributed by atoms with Crippen molar-refractivity contribution in [2.24, 2.45) is 0 Å². The zero-order valence-corrected chi connectivity index (χ0v) is 10.9. The maximum atomic E-state index is 13.5. The number of carbonyl (C=O) groups excluding carboxylic acids is 1. The largest absolute Gasteiger partial charge is 0.399 e. The van der Waals surface area contributed by atoms with Crippen molar-refractivity contribution in [1.29, 1.82) is 0 Å². The number of halogens is 2. The summed E-state index contributed by atoms with van der Waals surface area (Å²) in [5.74, 6) is -2.25. The van der Waals surface area contributed by atoms with E-state index >= 15 is 0 Å². The van der Waals surface area contributed by atoms with Gasteiger partial charge in [0.1, 0.15) is 11.6 Å². The summed E-state index contributed by atoms with van der Waals surface area (Å²) in [6, 6.07) is 9.77. The molecule has 0 saturated heterocycles. The smallest absolute Gasteiger partial charge is 0.231 e. The van der Waals surface area contributed by atoms with E-state index in [9.17, 15) is 13.6 Å². The van der Waals surface area contributed by atoms with Crippen LogP contribution in [0.15, 0.2) is 42.5 Å². The Balaban J connectivity index is 2.17. The minimum absolute atomic E-state index is 0.175. The van der Waals surface area contributed by atoms with Gasteiger partial charge >= 0.3 is 0 Å². The molecular weight excluding hydrogens is 262 g/mol. The fraction of sp³-hybridized carbons (Fsp3) is 0.133. The van der Waals surface area contributed by atoms with Gasteiger partial charge in [-0.25, -0.2) is 8.78 Å². The van der Waals surface area contributed by atoms with Crippen LogP contribution in [0, 0.1) is 11.6 Å². The summed E-state index contributed by atoms with van der Waals surface area (Å²) < 4.78 is 26.5. The maximum absolute atomic E-state index is 13.5. The van der Waals surface area contributed by atoms with E-state index in [-0.39, 0.29) is 5.69 Å². The van der Waals surface area contributed by atoms with Crippen LogP contribution < -0.4 is 11.1 Å². The normalized spacial score (nSPS) is 11.9. The summed E-state index contributed by atoms with van der Waals surface area (Å²) in [5, 5.41) is 2.37. The molecule has 2 rings (SSSR count). The monoisotopic (exact) mass is 276 g/mol. The number of hydrogen-bond donors (Lipinski definition) is 2. The standard InChI is InChI=1S/C15H14F2N2O/c1-9(10-3-2-4-12(18)7-10)15(20)19-14-8-11(16)5-6-13(14)17/h2-9H,18H2,1H3,(H,19,20). The van der Waals surface area contributed by atoms with Crippen LogP contribution in [0.2, 0.25) is 0 Å². The molecule has 0 bridgehead atoms. The molecule has 0 spiro atoms. The number of benzene rings is 2. The third kappa shape index (κ3) is 3.12. The number of nitrogen functional groups attached to an aromatic ring is 1. The van der Waals surface area contributed by atoms with Gasteiger partial charge in [-0.3, -0.25) is 4.79 Å². The molecular formula is C15H14F2N2O. The Morgan fingerprint density at radius 3 is 2.65 bits per heavy atom. The second-order valence-corrected chi connectivity index (χ2v) is 4.51. The van der Waals surface area contributed by atoms with E-state index < -0.39 is 23.5 Å². The van der Waals surface area contributed by atoms with E-state index in [0.717, 1.165) is 18.2 Å². The zero-order valence-electron chi connectivity index (χ0n) is 10.9. The van der Waals surface area contributed by atoms with Gasteiger partial charge in [0.05, 0.1) is 11.6 Å². The Kier molecular flexibility index (Phi) is 3.98. The molecule has 0 fully saturated rings. The first-order chi connectivity index (χ1) is 9.47. The van der Waals surface area contributed by atoms with Gasteiger partial charge < -0.3 is 11.1 Å². The molecule has 104 valence electrons. The fourth-order valence-corrected chi connectivity index (χ4v) is 1.81. The summed E-state index contributed by atoms with van der Waals surface area (Å²) in [4.78, 5) is 12.0. The van der Waals surface area contributed by atoms with E-state index in [1.165, 1.54) is 0 Å². The van der Waals surface area contributed by atoms with Crippen molar-refractivity contribution in [3.05, 3.63) is 59.7 Å². The van der Waals surface area contributed by atoms with Crippen LogP contribution >= 0.6 is 0 Å². The quantitative estimate of drug-likeness (QED) is 0.845. The SMILES string of the molecule is CC(C(=O)Nc1cc(F)ccc1F)c1cccc(N)c1. The van der Waals surface area contributed by atoms with E-state index in [4.69, 9.17) is 5.73 Å². The number of hydrogen-bond acceptors (Lipinski definition) is 2. The van der Waals surface area contributed by atoms with Gasteiger partial charge in [0, 0.05) is 11.8 Å². The predicted octanol–water partition coefficient (Wildman–Crippen LogP) is 3.29. The Bertz CT molecular complexity index is 644. The van der Waals surface area contributed by atoms with Crippen molar-refractivity contribution in [3.63, 3.8) is 0 Å². The highest BCUT2D eigenvalue weighted by atomic mass is 19.1. The number of nitrogens with two attached hydrogens (primary N) is 1. The maximum Gasteiger partial charge on any atom is 0.231 e. The van der Waals surface area contributed by atoms with Gasteiger partial charge in [-0.05, 0) is 36.8 Å². The molecule has 0 aliphatic carbocycles. The minimum atomic E-state index is -0.681. The van der Waals surface area contributed by atoms with Gasteiger partial charge in [0.2, 0.25) is 5.91 Å². The number of anilines is 2. The highest BCUT2D eigenvalue weighted by Gasteiger charge is 2.17. The molecule has 1 atom stereocenters. The van der Waals surface area contributed by atoms with E-state index in [2.05, 4.69) is 5.32 Å². The van der Waals surface area contributed by atoms with Gasteiger partial charge in [-0.15, -0.1) is 0 Å². The van der Waals surface area contributed by atoms with E-state index in [1.807, 2.05) is 0 Å².